The number of sulfonamides is 1. The largest absolute Gasteiger partial charge is 0.462 e. The number of carbonyl (C=O) groups is 1. The summed E-state index contributed by atoms with van der Waals surface area (Å²) in [5, 5.41) is 8.89. The van der Waals surface area contributed by atoms with Gasteiger partial charge in [-0.15, -0.1) is 0 Å². The topological polar surface area (TPSA) is 112 Å². The molecule has 0 saturated carbocycles. The van der Waals surface area contributed by atoms with Gasteiger partial charge in [-0.2, -0.15) is 0 Å². The van der Waals surface area contributed by atoms with Gasteiger partial charge in [0.25, 0.3) is 0 Å². The third-order valence-electron chi connectivity index (χ3n) is 2.78. The van der Waals surface area contributed by atoms with Crippen LogP contribution in [-0.2, 0) is 14.8 Å². The Morgan fingerprint density at radius 2 is 2.05 bits per heavy atom. The smallest absolute Gasteiger partial charge is 0.344 e. The molecular formula is C13H14N2O5S. The molecule has 0 amide bonds. The van der Waals surface area contributed by atoms with Crippen LogP contribution < -0.4 is 5.14 Å². The summed E-state index contributed by atoms with van der Waals surface area (Å²) in [5.41, 5.74) is 0.573. The van der Waals surface area contributed by atoms with Crippen LogP contribution in [0.25, 0.3) is 11.3 Å². The number of nitrogens with zero attached hydrogens (tertiary/aromatic N) is 1. The number of ether oxygens (including phenoxy) is 1. The number of benzene rings is 1. The van der Waals surface area contributed by atoms with E-state index in [0.29, 0.717) is 5.69 Å². The van der Waals surface area contributed by atoms with Crippen LogP contribution in [0.4, 0.5) is 0 Å². The van der Waals surface area contributed by atoms with Gasteiger partial charge in [0.2, 0.25) is 10.0 Å². The summed E-state index contributed by atoms with van der Waals surface area (Å²) in [4.78, 5) is 11.8. The normalized spacial score (nSPS) is 11.4. The minimum absolute atomic E-state index is 0.0237. The third kappa shape index (κ3) is 2.96. The summed E-state index contributed by atoms with van der Waals surface area (Å²) in [6.07, 6.45) is 0. The number of hydrogen-bond donors (Lipinski definition) is 1. The maximum Gasteiger partial charge on any atom is 0.344 e. The van der Waals surface area contributed by atoms with E-state index in [0.717, 1.165) is 0 Å². The molecule has 0 saturated heterocycles. The van der Waals surface area contributed by atoms with Gasteiger partial charge in [0.15, 0.2) is 5.76 Å². The second-order valence-electron chi connectivity index (χ2n) is 4.23. The Labute approximate surface area is 121 Å². The number of hydrogen-bond acceptors (Lipinski definition) is 6. The van der Waals surface area contributed by atoms with Crippen molar-refractivity contribution in [2.75, 3.05) is 6.61 Å². The zero-order valence-corrected chi connectivity index (χ0v) is 12.3. The highest BCUT2D eigenvalue weighted by atomic mass is 32.2. The highest BCUT2D eigenvalue weighted by molar-refractivity contribution is 7.89. The lowest BCUT2D eigenvalue weighted by Crippen LogP contribution is -2.14. The molecule has 2 N–H and O–H groups in total. The Kier molecular flexibility index (Phi) is 4.10. The predicted molar refractivity (Wildman–Crippen MR) is 74.0 cm³/mol. The second-order valence-corrected chi connectivity index (χ2v) is 5.76. The summed E-state index contributed by atoms with van der Waals surface area (Å²) in [5.74, 6) is -0.606. The Bertz CT molecular complexity index is 780. The van der Waals surface area contributed by atoms with E-state index in [1.54, 1.807) is 19.9 Å². The fourth-order valence-electron chi connectivity index (χ4n) is 1.90. The molecule has 0 unspecified atom stereocenters. The molecule has 0 aliphatic rings. The molecule has 2 rings (SSSR count). The fraction of sp³-hybridized carbons (Fsp3) is 0.231. The molecule has 0 radical (unpaired) electrons. The third-order valence-corrected chi connectivity index (χ3v) is 3.75. The average molecular weight is 310 g/mol. The van der Waals surface area contributed by atoms with E-state index in [2.05, 4.69) is 5.16 Å². The lowest BCUT2D eigenvalue weighted by molar-refractivity contribution is 0.0526. The van der Waals surface area contributed by atoms with E-state index in [-0.39, 0.29) is 28.4 Å². The van der Waals surface area contributed by atoms with Crippen molar-refractivity contribution in [3.8, 4) is 11.3 Å². The van der Waals surface area contributed by atoms with Crippen molar-refractivity contribution in [3.63, 3.8) is 0 Å². The first-order valence-corrected chi connectivity index (χ1v) is 7.66. The lowest BCUT2D eigenvalue weighted by atomic mass is 10.1. The van der Waals surface area contributed by atoms with Gasteiger partial charge in [-0.3, -0.25) is 0 Å². The Morgan fingerprint density at radius 3 is 2.67 bits per heavy atom. The average Bonchev–Trinajstić information content (AvgIpc) is 2.80. The molecule has 7 nitrogen and oxygen atoms in total. The van der Waals surface area contributed by atoms with E-state index in [9.17, 15) is 13.2 Å². The van der Waals surface area contributed by atoms with Crippen LogP contribution in [0.2, 0.25) is 0 Å². The first-order chi connectivity index (χ1) is 9.86. The van der Waals surface area contributed by atoms with E-state index >= 15 is 0 Å². The van der Waals surface area contributed by atoms with Crippen molar-refractivity contribution in [3.05, 3.63) is 35.5 Å². The highest BCUT2D eigenvalue weighted by Crippen LogP contribution is 2.31. The Balaban J connectivity index is 2.67. The molecular weight excluding hydrogens is 296 g/mol. The number of esters is 1. The molecule has 0 aliphatic carbocycles. The summed E-state index contributed by atoms with van der Waals surface area (Å²) < 4.78 is 33.3. The molecule has 0 aliphatic heterocycles. The lowest BCUT2D eigenvalue weighted by Gasteiger charge is -2.06. The Hall–Kier alpha value is -2.19. The first kappa shape index (κ1) is 15.2. The van der Waals surface area contributed by atoms with Crippen molar-refractivity contribution in [1.29, 1.82) is 0 Å². The molecule has 8 heteroatoms. The van der Waals surface area contributed by atoms with Crippen LogP contribution in [-0.4, -0.2) is 26.2 Å². The summed E-state index contributed by atoms with van der Waals surface area (Å²) >= 11 is 0. The van der Waals surface area contributed by atoms with Gasteiger partial charge < -0.3 is 9.26 Å². The summed E-state index contributed by atoms with van der Waals surface area (Å²) in [6.45, 7) is 3.41. The molecule has 2 aromatic rings. The quantitative estimate of drug-likeness (QED) is 0.856. The maximum atomic E-state index is 12.0. The van der Waals surface area contributed by atoms with Gasteiger partial charge in [-0.05, 0) is 26.0 Å². The number of carbonyl (C=O) groups excluding carboxylic acids is 1. The monoisotopic (exact) mass is 310 g/mol. The van der Waals surface area contributed by atoms with Crippen molar-refractivity contribution < 1.29 is 22.5 Å². The predicted octanol–water partition coefficient (Wildman–Crippen LogP) is 1.47. The second kappa shape index (κ2) is 5.66. The van der Waals surface area contributed by atoms with Crippen LogP contribution in [0.3, 0.4) is 0 Å². The minimum atomic E-state index is -3.97. The molecule has 0 spiro atoms. The number of primary sulfonamides is 1. The molecule has 112 valence electrons. The number of rotatable bonds is 4. The molecule has 1 aromatic heterocycles. The van der Waals surface area contributed by atoms with Crippen LogP contribution in [0.5, 0.6) is 0 Å². The van der Waals surface area contributed by atoms with E-state index in [1.807, 2.05) is 0 Å². The zero-order chi connectivity index (χ0) is 15.6. The van der Waals surface area contributed by atoms with Gasteiger partial charge in [-0.1, -0.05) is 17.3 Å². The molecule has 0 fully saturated rings. The SMILES string of the molecule is CCOC(=O)c1c(C)noc1-c1ccccc1S(N)(=O)=O. The van der Waals surface area contributed by atoms with Crippen molar-refractivity contribution in [2.45, 2.75) is 18.7 Å². The highest BCUT2D eigenvalue weighted by Gasteiger charge is 2.26. The number of nitrogens with two attached hydrogens (primary N) is 1. The molecule has 0 bridgehead atoms. The molecule has 0 atom stereocenters. The van der Waals surface area contributed by atoms with Gasteiger partial charge in [0.1, 0.15) is 5.56 Å². The molecule has 1 heterocycles. The fourth-order valence-corrected chi connectivity index (χ4v) is 2.64. The van der Waals surface area contributed by atoms with Gasteiger partial charge >= 0.3 is 5.97 Å². The van der Waals surface area contributed by atoms with Gasteiger partial charge in [0.05, 0.1) is 17.2 Å². The Morgan fingerprint density at radius 1 is 1.38 bits per heavy atom. The van der Waals surface area contributed by atoms with Crippen LogP contribution in [0, 0.1) is 6.92 Å². The summed E-state index contributed by atoms with van der Waals surface area (Å²) in [7, 11) is -3.97. The van der Waals surface area contributed by atoms with E-state index in [4.69, 9.17) is 14.4 Å². The zero-order valence-electron chi connectivity index (χ0n) is 11.5. The van der Waals surface area contributed by atoms with Gasteiger partial charge in [0, 0.05) is 5.56 Å². The maximum absolute atomic E-state index is 12.0. The summed E-state index contributed by atoms with van der Waals surface area (Å²) in [6, 6.07) is 5.95. The van der Waals surface area contributed by atoms with Crippen molar-refractivity contribution in [1.82, 2.24) is 5.16 Å². The van der Waals surface area contributed by atoms with Crippen LogP contribution >= 0.6 is 0 Å². The molecule has 1 aromatic carbocycles. The van der Waals surface area contributed by atoms with Crippen LogP contribution in [0.1, 0.15) is 23.0 Å². The number of aryl methyl sites for hydroxylation is 1. The first-order valence-electron chi connectivity index (χ1n) is 6.11. The van der Waals surface area contributed by atoms with E-state index in [1.165, 1.54) is 18.2 Å². The molecule has 21 heavy (non-hydrogen) atoms. The standard InChI is InChI=1S/C13H14N2O5S/c1-3-19-13(16)11-8(2)15-20-12(11)9-6-4-5-7-10(9)21(14,17)18/h4-7H,3H2,1-2H3,(H2,14,17,18). The van der Waals surface area contributed by atoms with E-state index < -0.39 is 16.0 Å². The van der Waals surface area contributed by atoms with Crippen molar-refractivity contribution >= 4 is 16.0 Å². The van der Waals surface area contributed by atoms with Crippen LogP contribution in [0.15, 0.2) is 33.7 Å². The van der Waals surface area contributed by atoms with Crippen molar-refractivity contribution in [2.24, 2.45) is 5.14 Å². The van der Waals surface area contributed by atoms with Gasteiger partial charge in [-0.25, -0.2) is 18.4 Å². The number of aromatic nitrogens is 1. The minimum Gasteiger partial charge on any atom is -0.462 e.